The molecule has 1 heterocycles. The summed E-state index contributed by atoms with van der Waals surface area (Å²) in [6.45, 7) is 0.814. The molecule has 0 spiro atoms. The van der Waals surface area contributed by atoms with E-state index in [4.69, 9.17) is 9.15 Å². The maximum absolute atomic E-state index is 12.9. The fourth-order valence-corrected chi connectivity index (χ4v) is 3.03. The van der Waals surface area contributed by atoms with E-state index in [9.17, 15) is 9.59 Å². The molecule has 1 unspecified atom stereocenters. The molecule has 0 saturated carbocycles. The quantitative estimate of drug-likeness (QED) is 0.586. The Kier molecular flexibility index (Phi) is 7.19. The number of amides is 2. The highest BCUT2D eigenvalue weighted by molar-refractivity contribution is 5.95. The minimum atomic E-state index is -0.732. The van der Waals surface area contributed by atoms with Gasteiger partial charge in [0.05, 0.1) is 12.9 Å². The normalized spacial score (nSPS) is 11.6. The molecule has 3 rings (SSSR count). The van der Waals surface area contributed by atoms with Crippen LogP contribution in [0.2, 0.25) is 0 Å². The number of carbonyl (C=O) groups is 2. The zero-order valence-corrected chi connectivity index (χ0v) is 16.3. The van der Waals surface area contributed by atoms with Crippen LogP contribution >= 0.6 is 0 Å². The highest BCUT2D eigenvalue weighted by Crippen LogP contribution is 2.11. The van der Waals surface area contributed by atoms with Crippen LogP contribution in [0.1, 0.15) is 27.2 Å². The molecule has 150 valence electrons. The maximum Gasteiger partial charge on any atom is 0.287 e. The summed E-state index contributed by atoms with van der Waals surface area (Å²) in [6.07, 6.45) is 1.80. The van der Waals surface area contributed by atoms with Gasteiger partial charge in [0.25, 0.3) is 5.91 Å². The molecule has 2 amide bonds. The number of nitrogens with one attached hydrogen (secondary N) is 2. The van der Waals surface area contributed by atoms with Gasteiger partial charge >= 0.3 is 0 Å². The fraction of sp³-hybridized carbons (Fsp3) is 0.217. The first-order valence-electron chi connectivity index (χ1n) is 9.39. The van der Waals surface area contributed by atoms with Crippen LogP contribution in [-0.2, 0) is 29.1 Å². The fourth-order valence-electron chi connectivity index (χ4n) is 3.03. The smallest absolute Gasteiger partial charge is 0.287 e. The summed E-state index contributed by atoms with van der Waals surface area (Å²) in [5.74, 6) is -0.520. The van der Waals surface area contributed by atoms with Crippen molar-refractivity contribution in [1.29, 1.82) is 0 Å². The number of rotatable bonds is 9. The van der Waals surface area contributed by atoms with Gasteiger partial charge in [0.15, 0.2) is 5.76 Å². The Labute approximate surface area is 169 Å². The van der Waals surface area contributed by atoms with Crippen LogP contribution in [0.4, 0.5) is 0 Å². The number of hydrogen-bond donors (Lipinski definition) is 2. The van der Waals surface area contributed by atoms with E-state index in [1.54, 1.807) is 19.2 Å². The first-order valence-corrected chi connectivity index (χ1v) is 9.39. The first kappa shape index (κ1) is 20.4. The van der Waals surface area contributed by atoms with Gasteiger partial charge in [-0.3, -0.25) is 9.59 Å². The van der Waals surface area contributed by atoms with E-state index in [0.717, 1.165) is 16.7 Å². The minimum Gasteiger partial charge on any atom is -0.459 e. The third-order valence-electron chi connectivity index (χ3n) is 4.52. The average molecular weight is 392 g/mol. The van der Waals surface area contributed by atoms with E-state index in [1.165, 1.54) is 6.26 Å². The topological polar surface area (TPSA) is 80.6 Å². The second kappa shape index (κ2) is 10.2. The van der Waals surface area contributed by atoms with Crippen molar-refractivity contribution in [2.24, 2.45) is 0 Å². The van der Waals surface area contributed by atoms with Gasteiger partial charge in [0.2, 0.25) is 5.91 Å². The van der Waals surface area contributed by atoms with Crippen molar-refractivity contribution in [1.82, 2.24) is 10.6 Å². The lowest BCUT2D eigenvalue weighted by Crippen LogP contribution is -2.47. The highest BCUT2D eigenvalue weighted by Gasteiger charge is 2.23. The summed E-state index contributed by atoms with van der Waals surface area (Å²) in [5.41, 5.74) is 2.93. The van der Waals surface area contributed by atoms with Gasteiger partial charge in [-0.2, -0.15) is 0 Å². The summed E-state index contributed by atoms with van der Waals surface area (Å²) in [5, 5.41) is 5.70. The molecule has 1 aromatic heterocycles. The van der Waals surface area contributed by atoms with Crippen LogP contribution in [0.5, 0.6) is 0 Å². The lowest BCUT2D eigenvalue weighted by atomic mass is 10.0. The van der Waals surface area contributed by atoms with Crippen molar-refractivity contribution in [3.8, 4) is 0 Å². The number of benzene rings is 2. The third-order valence-corrected chi connectivity index (χ3v) is 4.52. The van der Waals surface area contributed by atoms with Gasteiger partial charge in [-0.1, -0.05) is 54.6 Å². The van der Waals surface area contributed by atoms with E-state index in [-0.39, 0.29) is 11.7 Å². The summed E-state index contributed by atoms with van der Waals surface area (Å²) < 4.78 is 10.4. The van der Waals surface area contributed by atoms with Gasteiger partial charge in [-0.05, 0) is 28.8 Å². The Bertz CT molecular complexity index is 923. The standard InChI is InChI=1S/C23H24N2O4/c1-28-16-19-11-6-5-10-18(19)15-24-22(26)20(14-17-8-3-2-4-9-17)25-23(27)21-12-7-13-29-21/h2-13,20H,14-16H2,1H3,(H,24,26)(H,25,27). The van der Waals surface area contributed by atoms with E-state index in [1.807, 2.05) is 54.6 Å². The van der Waals surface area contributed by atoms with Crippen molar-refractivity contribution in [3.63, 3.8) is 0 Å². The van der Waals surface area contributed by atoms with Gasteiger partial charge in [-0.25, -0.2) is 0 Å². The van der Waals surface area contributed by atoms with Crippen molar-refractivity contribution >= 4 is 11.8 Å². The molecule has 2 N–H and O–H groups in total. The van der Waals surface area contributed by atoms with E-state index >= 15 is 0 Å². The van der Waals surface area contributed by atoms with Gasteiger partial charge in [-0.15, -0.1) is 0 Å². The molecule has 0 fully saturated rings. The molecule has 29 heavy (non-hydrogen) atoms. The molecule has 0 aliphatic heterocycles. The third kappa shape index (κ3) is 5.80. The van der Waals surface area contributed by atoms with Crippen molar-refractivity contribution in [2.75, 3.05) is 7.11 Å². The zero-order chi connectivity index (χ0) is 20.5. The molecule has 0 aliphatic carbocycles. The number of methoxy groups -OCH3 is 1. The number of carbonyl (C=O) groups excluding carboxylic acids is 2. The zero-order valence-electron chi connectivity index (χ0n) is 16.3. The molecule has 1 atom stereocenters. The second-order valence-electron chi connectivity index (χ2n) is 6.61. The van der Waals surface area contributed by atoms with Gasteiger partial charge in [0.1, 0.15) is 6.04 Å². The van der Waals surface area contributed by atoms with Crippen molar-refractivity contribution in [2.45, 2.75) is 25.6 Å². The molecule has 6 nitrogen and oxygen atoms in total. The second-order valence-corrected chi connectivity index (χ2v) is 6.61. The van der Waals surface area contributed by atoms with Crippen LogP contribution in [0.15, 0.2) is 77.4 Å². The van der Waals surface area contributed by atoms with Crippen LogP contribution in [0, 0.1) is 0 Å². The Morgan fingerprint density at radius 2 is 1.69 bits per heavy atom. The summed E-state index contributed by atoms with van der Waals surface area (Å²) in [7, 11) is 1.63. The van der Waals surface area contributed by atoms with Crippen molar-refractivity contribution in [3.05, 3.63) is 95.4 Å². The number of hydrogen-bond acceptors (Lipinski definition) is 4. The molecular formula is C23H24N2O4. The predicted octanol–water partition coefficient (Wildman–Crippen LogP) is 3.08. The van der Waals surface area contributed by atoms with Gasteiger partial charge < -0.3 is 19.8 Å². The summed E-state index contributed by atoms with van der Waals surface area (Å²) in [4.78, 5) is 25.3. The van der Waals surface area contributed by atoms with E-state index in [2.05, 4.69) is 10.6 Å². The van der Waals surface area contributed by atoms with Gasteiger partial charge in [0, 0.05) is 20.1 Å². The monoisotopic (exact) mass is 392 g/mol. The SMILES string of the molecule is COCc1ccccc1CNC(=O)C(Cc1ccccc1)NC(=O)c1ccco1. The Balaban J connectivity index is 1.70. The van der Waals surface area contributed by atoms with Crippen LogP contribution < -0.4 is 10.6 Å². The average Bonchev–Trinajstić information content (AvgIpc) is 3.28. The minimum absolute atomic E-state index is 0.168. The van der Waals surface area contributed by atoms with E-state index in [0.29, 0.717) is 19.6 Å². The van der Waals surface area contributed by atoms with Crippen LogP contribution in [-0.4, -0.2) is 25.0 Å². The Morgan fingerprint density at radius 1 is 0.966 bits per heavy atom. The lowest BCUT2D eigenvalue weighted by molar-refractivity contribution is -0.123. The number of furan rings is 1. The maximum atomic E-state index is 12.9. The first-order chi connectivity index (χ1) is 14.2. The largest absolute Gasteiger partial charge is 0.459 e. The molecular weight excluding hydrogens is 368 g/mol. The van der Waals surface area contributed by atoms with Crippen LogP contribution in [0.3, 0.4) is 0 Å². The summed E-state index contributed by atoms with van der Waals surface area (Å²) in [6, 6.07) is 19.8. The molecule has 0 bridgehead atoms. The number of ether oxygens (including phenoxy) is 1. The molecule has 3 aromatic rings. The molecule has 2 aromatic carbocycles. The van der Waals surface area contributed by atoms with E-state index < -0.39 is 11.9 Å². The molecule has 0 radical (unpaired) electrons. The predicted molar refractivity (Wildman–Crippen MR) is 109 cm³/mol. The molecule has 6 heteroatoms. The molecule has 0 saturated heterocycles. The molecule has 0 aliphatic rings. The highest BCUT2D eigenvalue weighted by atomic mass is 16.5. The van der Waals surface area contributed by atoms with Crippen LogP contribution in [0.25, 0.3) is 0 Å². The van der Waals surface area contributed by atoms with Crippen molar-refractivity contribution < 1.29 is 18.7 Å². The lowest BCUT2D eigenvalue weighted by Gasteiger charge is -2.19. The Morgan fingerprint density at radius 3 is 2.38 bits per heavy atom. The Hall–Kier alpha value is -3.38. The summed E-state index contributed by atoms with van der Waals surface area (Å²) >= 11 is 0.